The van der Waals surface area contributed by atoms with Crippen LogP contribution in [-0.4, -0.2) is 51.4 Å². The third kappa shape index (κ3) is 3.20. The van der Waals surface area contributed by atoms with Crippen molar-refractivity contribution in [1.29, 1.82) is 0 Å². The Kier molecular flexibility index (Phi) is 4.12. The molecule has 1 aliphatic heterocycles. The van der Waals surface area contributed by atoms with Crippen LogP contribution in [0.1, 0.15) is 17.4 Å². The zero-order valence-electron chi connectivity index (χ0n) is 12.4. The van der Waals surface area contributed by atoms with Gasteiger partial charge >= 0.3 is 0 Å². The largest absolute Gasteiger partial charge is 0.372 e. The Morgan fingerprint density at radius 2 is 2.24 bits per heavy atom. The molecule has 0 spiro atoms. The zero-order valence-corrected chi connectivity index (χ0v) is 12.4. The molecule has 112 valence electrons. The van der Waals surface area contributed by atoms with Crippen LogP contribution in [0.25, 0.3) is 0 Å². The number of ether oxygens (including phenoxy) is 1. The average Bonchev–Trinajstić information content (AvgIpc) is 2.92. The Labute approximate surface area is 124 Å². The van der Waals surface area contributed by atoms with Crippen LogP contribution in [0.15, 0.2) is 24.8 Å². The van der Waals surface area contributed by atoms with E-state index in [9.17, 15) is 0 Å². The van der Waals surface area contributed by atoms with Gasteiger partial charge in [-0.3, -0.25) is 14.6 Å². The third-order valence-corrected chi connectivity index (χ3v) is 3.58. The maximum atomic E-state index is 5.87. The third-order valence-electron chi connectivity index (χ3n) is 3.58. The highest BCUT2D eigenvalue weighted by atomic mass is 16.5. The normalized spacial score (nSPS) is 19.6. The molecule has 1 aliphatic rings. The summed E-state index contributed by atoms with van der Waals surface area (Å²) in [7, 11) is 3.79. The molecule has 3 heterocycles. The number of hydrogen-bond donors (Lipinski definition) is 1. The van der Waals surface area contributed by atoms with Crippen molar-refractivity contribution in [1.82, 2.24) is 24.6 Å². The molecule has 0 unspecified atom stereocenters. The van der Waals surface area contributed by atoms with E-state index in [1.54, 1.807) is 12.4 Å². The fourth-order valence-corrected chi connectivity index (χ4v) is 2.60. The van der Waals surface area contributed by atoms with Crippen LogP contribution in [0.3, 0.4) is 0 Å². The molecule has 7 heteroatoms. The van der Waals surface area contributed by atoms with Gasteiger partial charge in [0, 0.05) is 57.9 Å². The van der Waals surface area contributed by atoms with E-state index < -0.39 is 0 Å². The van der Waals surface area contributed by atoms with Crippen molar-refractivity contribution < 1.29 is 4.74 Å². The summed E-state index contributed by atoms with van der Waals surface area (Å²) in [4.78, 5) is 11.1. The molecule has 0 aliphatic carbocycles. The SMILES string of the molecule is CNc1nccnc1[C@@H]1CN(Cc2cnn(C)c2)CCO1. The number of morpholine rings is 1. The Morgan fingerprint density at radius 3 is 3.00 bits per heavy atom. The van der Waals surface area contributed by atoms with Gasteiger partial charge in [0.15, 0.2) is 0 Å². The van der Waals surface area contributed by atoms with Gasteiger partial charge in [0.1, 0.15) is 17.6 Å². The van der Waals surface area contributed by atoms with E-state index in [1.807, 2.05) is 31.2 Å². The summed E-state index contributed by atoms with van der Waals surface area (Å²) in [6.45, 7) is 3.30. The minimum atomic E-state index is -0.0495. The summed E-state index contributed by atoms with van der Waals surface area (Å²) >= 11 is 0. The van der Waals surface area contributed by atoms with Crippen molar-refractivity contribution in [3.8, 4) is 0 Å². The number of nitrogens with zero attached hydrogens (tertiary/aromatic N) is 5. The molecule has 0 bridgehead atoms. The van der Waals surface area contributed by atoms with Gasteiger partial charge < -0.3 is 10.1 Å². The van der Waals surface area contributed by atoms with E-state index in [0.717, 1.165) is 31.1 Å². The first-order valence-electron chi connectivity index (χ1n) is 7.06. The summed E-state index contributed by atoms with van der Waals surface area (Å²) in [6.07, 6.45) is 7.30. The van der Waals surface area contributed by atoms with E-state index in [2.05, 4.69) is 25.3 Å². The van der Waals surface area contributed by atoms with Gasteiger partial charge in [-0.25, -0.2) is 4.98 Å². The van der Waals surface area contributed by atoms with Gasteiger partial charge in [0.05, 0.1) is 12.8 Å². The van der Waals surface area contributed by atoms with Gasteiger partial charge in [-0.1, -0.05) is 0 Å². The molecule has 2 aromatic rings. The molecule has 0 aromatic carbocycles. The number of rotatable bonds is 4. The van der Waals surface area contributed by atoms with Crippen LogP contribution in [0.2, 0.25) is 0 Å². The standard InChI is InChI=1S/C14H20N6O/c1-15-14-13(16-3-4-17-14)12-10-20(5-6-21-12)9-11-7-18-19(2)8-11/h3-4,7-8,12H,5-6,9-10H2,1-2H3,(H,15,17)/t12-/m0/s1. The lowest BCUT2D eigenvalue weighted by Gasteiger charge is -2.32. The summed E-state index contributed by atoms with van der Waals surface area (Å²) in [5, 5.41) is 7.29. The average molecular weight is 288 g/mol. The molecular weight excluding hydrogens is 268 g/mol. The predicted molar refractivity (Wildman–Crippen MR) is 78.8 cm³/mol. The lowest BCUT2D eigenvalue weighted by molar-refractivity contribution is -0.0347. The minimum absolute atomic E-state index is 0.0495. The number of nitrogens with one attached hydrogen (secondary N) is 1. The molecule has 3 rings (SSSR count). The van der Waals surface area contributed by atoms with Crippen LogP contribution in [-0.2, 0) is 18.3 Å². The lowest BCUT2D eigenvalue weighted by Crippen LogP contribution is -2.38. The number of anilines is 1. The molecule has 0 saturated carbocycles. The van der Waals surface area contributed by atoms with Crippen molar-refractivity contribution in [2.75, 3.05) is 32.1 Å². The molecule has 1 saturated heterocycles. The van der Waals surface area contributed by atoms with Crippen LogP contribution >= 0.6 is 0 Å². The molecule has 1 N–H and O–H groups in total. The van der Waals surface area contributed by atoms with Crippen LogP contribution < -0.4 is 5.32 Å². The van der Waals surface area contributed by atoms with Crippen molar-refractivity contribution in [3.63, 3.8) is 0 Å². The highest BCUT2D eigenvalue weighted by Crippen LogP contribution is 2.25. The Bertz CT molecular complexity index is 599. The van der Waals surface area contributed by atoms with Gasteiger partial charge in [-0.05, 0) is 0 Å². The van der Waals surface area contributed by atoms with Crippen molar-refractivity contribution in [2.45, 2.75) is 12.6 Å². The van der Waals surface area contributed by atoms with E-state index in [1.165, 1.54) is 5.56 Å². The predicted octanol–water partition coefficient (Wildman–Crippen LogP) is 0.825. The minimum Gasteiger partial charge on any atom is -0.372 e. The first-order chi connectivity index (χ1) is 10.3. The van der Waals surface area contributed by atoms with Crippen LogP contribution in [0.5, 0.6) is 0 Å². The van der Waals surface area contributed by atoms with Crippen LogP contribution in [0.4, 0.5) is 5.82 Å². The molecule has 0 amide bonds. The summed E-state index contributed by atoms with van der Waals surface area (Å²) in [5.74, 6) is 0.783. The van der Waals surface area contributed by atoms with E-state index in [4.69, 9.17) is 4.74 Å². The molecule has 7 nitrogen and oxygen atoms in total. The second-order valence-electron chi connectivity index (χ2n) is 5.16. The second kappa shape index (κ2) is 6.19. The molecule has 2 aromatic heterocycles. The topological polar surface area (TPSA) is 68.1 Å². The Morgan fingerprint density at radius 1 is 1.38 bits per heavy atom. The van der Waals surface area contributed by atoms with E-state index >= 15 is 0 Å². The molecule has 1 atom stereocenters. The van der Waals surface area contributed by atoms with E-state index in [-0.39, 0.29) is 6.10 Å². The summed E-state index contributed by atoms with van der Waals surface area (Å²) < 4.78 is 7.70. The quantitative estimate of drug-likeness (QED) is 0.898. The summed E-state index contributed by atoms with van der Waals surface area (Å²) in [5.41, 5.74) is 2.09. The zero-order chi connectivity index (χ0) is 14.7. The molecule has 1 fully saturated rings. The smallest absolute Gasteiger partial charge is 0.150 e. The monoisotopic (exact) mass is 288 g/mol. The van der Waals surface area contributed by atoms with Crippen molar-refractivity contribution >= 4 is 5.82 Å². The van der Waals surface area contributed by atoms with Gasteiger partial charge in [0.2, 0.25) is 0 Å². The fourth-order valence-electron chi connectivity index (χ4n) is 2.60. The Hall–Kier alpha value is -1.99. The number of aromatic nitrogens is 4. The van der Waals surface area contributed by atoms with Crippen molar-refractivity contribution in [2.24, 2.45) is 7.05 Å². The van der Waals surface area contributed by atoms with Gasteiger partial charge in [-0.15, -0.1) is 0 Å². The molecule has 21 heavy (non-hydrogen) atoms. The van der Waals surface area contributed by atoms with Gasteiger partial charge in [0.25, 0.3) is 0 Å². The number of hydrogen-bond acceptors (Lipinski definition) is 6. The second-order valence-corrected chi connectivity index (χ2v) is 5.16. The van der Waals surface area contributed by atoms with Gasteiger partial charge in [-0.2, -0.15) is 5.10 Å². The fraction of sp³-hybridized carbons (Fsp3) is 0.500. The first-order valence-corrected chi connectivity index (χ1v) is 7.06. The lowest BCUT2D eigenvalue weighted by atomic mass is 10.2. The van der Waals surface area contributed by atoms with Crippen molar-refractivity contribution in [3.05, 3.63) is 36.0 Å². The Balaban J connectivity index is 1.70. The number of aryl methyl sites for hydroxylation is 1. The van der Waals surface area contributed by atoms with Crippen LogP contribution in [0, 0.1) is 0 Å². The maximum Gasteiger partial charge on any atom is 0.150 e. The maximum absolute atomic E-state index is 5.87. The summed E-state index contributed by atoms with van der Waals surface area (Å²) in [6, 6.07) is 0. The molecular formula is C14H20N6O. The molecule has 0 radical (unpaired) electrons. The van der Waals surface area contributed by atoms with E-state index in [0.29, 0.717) is 6.61 Å². The highest BCUT2D eigenvalue weighted by Gasteiger charge is 2.25. The first kappa shape index (κ1) is 14.0. The highest BCUT2D eigenvalue weighted by molar-refractivity contribution is 5.40.